The number of aliphatic hydroxyl groups excluding tert-OH is 7. The van der Waals surface area contributed by atoms with E-state index in [1.807, 2.05) is 0 Å². The van der Waals surface area contributed by atoms with E-state index in [1.54, 1.807) is 0 Å². The molecule has 0 radical (unpaired) electrons. The van der Waals surface area contributed by atoms with E-state index in [0.717, 1.165) is 25.7 Å². The minimum atomic E-state index is -5.21. The van der Waals surface area contributed by atoms with Crippen molar-refractivity contribution in [1.29, 1.82) is 0 Å². The van der Waals surface area contributed by atoms with Crippen LogP contribution in [0.3, 0.4) is 0 Å². The van der Waals surface area contributed by atoms with E-state index < -0.39 is 107 Å². The molecule has 17 heteroatoms. The van der Waals surface area contributed by atoms with Gasteiger partial charge in [0.05, 0.1) is 43.7 Å². The van der Waals surface area contributed by atoms with Crippen molar-refractivity contribution in [1.82, 2.24) is 0 Å². The first-order valence-corrected chi connectivity index (χ1v) is 22.4. The van der Waals surface area contributed by atoms with Gasteiger partial charge in [-0.25, -0.2) is 4.18 Å². The fourth-order valence-electron chi connectivity index (χ4n) is 14.3. The molecule has 332 valence electrons. The fraction of sp³-hybridized carbons (Fsp3) is 0.951. The largest absolute Gasteiger partial charge is 0.397 e. The molecule has 58 heavy (non-hydrogen) atoms. The molecular formula is C41H66O16S. The highest BCUT2D eigenvalue weighted by Crippen LogP contribution is 2.79. The summed E-state index contributed by atoms with van der Waals surface area (Å²) in [7, 11) is -5.21. The molecule has 5 aliphatic carbocycles. The van der Waals surface area contributed by atoms with E-state index in [9.17, 15) is 48.7 Å². The summed E-state index contributed by atoms with van der Waals surface area (Å²) in [6, 6.07) is 0. The third-order valence-electron chi connectivity index (χ3n) is 17.8. The van der Waals surface area contributed by atoms with Gasteiger partial charge in [0.1, 0.15) is 36.6 Å². The Morgan fingerprint density at radius 3 is 2.17 bits per heavy atom. The molecule has 1 spiro atoms. The number of fused-ring (bicyclic) bond motifs is 4. The molecule has 0 aromatic heterocycles. The topological polar surface area (TPSA) is 251 Å². The lowest BCUT2D eigenvalue weighted by atomic mass is 9.32. The third kappa shape index (κ3) is 6.07. The Morgan fingerprint density at radius 1 is 0.793 bits per heavy atom. The Morgan fingerprint density at radius 2 is 1.50 bits per heavy atom. The van der Waals surface area contributed by atoms with Crippen molar-refractivity contribution in [2.75, 3.05) is 19.8 Å². The second kappa shape index (κ2) is 14.1. The van der Waals surface area contributed by atoms with Gasteiger partial charge in [-0.15, -0.1) is 0 Å². The van der Waals surface area contributed by atoms with E-state index in [-0.39, 0.29) is 46.0 Å². The summed E-state index contributed by atoms with van der Waals surface area (Å²) >= 11 is 0. The zero-order valence-electron chi connectivity index (χ0n) is 34.6. The van der Waals surface area contributed by atoms with Gasteiger partial charge in [0.25, 0.3) is 0 Å². The molecule has 4 saturated carbocycles. The Bertz CT molecular complexity index is 1730. The second-order valence-corrected chi connectivity index (χ2v) is 22.3. The molecule has 8 rings (SSSR count). The van der Waals surface area contributed by atoms with Crippen LogP contribution >= 0.6 is 0 Å². The maximum absolute atomic E-state index is 12.1. The van der Waals surface area contributed by atoms with Crippen LogP contribution in [0.1, 0.15) is 93.4 Å². The number of aliphatic hydroxyl groups is 7. The zero-order valence-corrected chi connectivity index (χ0v) is 35.5. The Labute approximate surface area is 341 Å². The maximum atomic E-state index is 12.1. The van der Waals surface area contributed by atoms with Gasteiger partial charge in [-0.1, -0.05) is 60.6 Å². The number of hydrogen-bond acceptors (Lipinski definition) is 15. The van der Waals surface area contributed by atoms with Gasteiger partial charge in [-0.2, -0.15) is 8.42 Å². The van der Waals surface area contributed by atoms with Gasteiger partial charge >= 0.3 is 10.4 Å². The minimum absolute atomic E-state index is 0.0727. The molecule has 8 aliphatic rings. The lowest BCUT2D eigenvalue weighted by Crippen LogP contribution is -2.73. The smallest absolute Gasteiger partial charge is 0.394 e. The number of ether oxygens (including phenoxy) is 5. The molecule has 7 fully saturated rings. The monoisotopic (exact) mass is 846 g/mol. The number of hydrogen-bond donors (Lipinski definition) is 8. The summed E-state index contributed by atoms with van der Waals surface area (Å²) in [4.78, 5) is 0. The summed E-state index contributed by atoms with van der Waals surface area (Å²) in [6.07, 6.45) is -6.91. The first kappa shape index (κ1) is 43.8. The van der Waals surface area contributed by atoms with Crippen LogP contribution in [0.15, 0.2) is 12.2 Å². The first-order valence-electron chi connectivity index (χ1n) is 21.1. The van der Waals surface area contributed by atoms with Gasteiger partial charge in [0, 0.05) is 16.7 Å². The Kier molecular flexibility index (Phi) is 10.6. The summed E-state index contributed by atoms with van der Waals surface area (Å²) in [5, 5.41) is 76.2. The van der Waals surface area contributed by atoms with Gasteiger partial charge in [-0.3, -0.25) is 4.55 Å². The highest BCUT2D eigenvalue weighted by molar-refractivity contribution is 7.80. The van der Waals surface area contributed by atoms with Crippen molar-refractivity contribution in [3.63, 3.8) is 0 Å². The minimum Gasteiger partial charge on any atom is -0.394 e. The van der Waals surface area contributed by atoms with Crippen LogP contribution in [0.2, 0.25) is 0 Å². The standard InChI is InChI=1S/C41H66O16S/c1-35(2)14-24-40(16-25(35)44)19-53-41(24)13-9-23-37(5)11-10-27(36(3,4)22(37)8-12-38(23,6)39(41,7)15-26(40)45)55-33-31(28(46)20(43)18-52-33)56-34-32(57-58(49,50)51)30(48)29(47)21(17-42)54-34/h9,13,20-34,42-48H,8,10-12,14-19H2,1-7H3,(H,49,50,51)/t20-,21+,22-,23+,24+,25-,26-,27-,28-,29+,30-,31+,32+,33-,34-,37-,38+,39-,40+,41-/m0/s1. The van der Waals surface area contributed by atoms with Crippen molar-refractivity contribution in [2.45, 2.75) is 173 Å². The predicted octanol–water partition coefficient (Wildman–Crippen LogP) is 1.21. The van der Waals surface area contributed by atoms with Crippen molar-refractivity contribution in [3.8, 4) is 0 Å². The van der Waals surface area contributed by atoms with Crippen LogP contribution in [0, 0.1) is 50.2 Å². The maximum Gasteiger partial charge on any atom is 0.397 e. The van der Waals surface area contributed by atoms with Crippen LogP contribution in [0.4, 0.5) is 0 Å². The van der Waals surface area contributed by atoms with E-state index in [0.29, 0.717) is 25.9 Å². The van der Waals surface area contributed by atoms with Crippen LogP contribution in [0.25, 0.3) is 0 Å². The van der Waals surface area contributed by atoms with Crippen molar-refractivity contribution >= 4 is 10.4 Å². The van der Waals surface area contributed by atoms with Gasteiger partial charge in [0.15, 0.2) is 18.7 Å². The lowest BCUT2D eigenvalue weighted by Gasteiger charge is -2.73. The fourth-order valence-corrected chi connectivity index (χ4v) is 14.8. The van der Waals surface area contributed by atoms with Crippen molar-refractivity contribution in [2.24, 2.45) is 50.2 Å². The summed E-state index contributed by atoms with van der Waals surface area (Å²) in [6.45, 7) is 15.0. The molecule has 0 aromatic rings. The van der Waals surface area contributed by atoms with E-state index in [4.69, 9.17) is 23.7 Å². The highest BCUT2D eigenvalue weighted by atomic mass is 32.3. The predicted molar refractivity (Wildman–Crippen MR) is 203 cm³/mol. The van der Waals surface area contributed by atoms with Crippen LogP contribution in [-0.2, 0) is 38.3 Å². The molecule has 3 saturated heterocycles. The van der Waals surface area contributed by atoms with E-state index >= 15 is 0 Å². The first-order chi connectivity index (χ1) is 26.8. The molecule has 3 heterocycles. The molecule has 20 atom stereocenters. The molecule has 2 bridgehead atoms. The summed E-state index contributed by atoms with van der Waals surface area (Å²) in [5.41, 5.74) is -2.64. The molecule has 0 aromatic carbocycles. The molecule has 8 N–H and O–H groups in total. The molecular weight excluding hydrogens is 781 g/mol. The van der Waals surface area contributed by atoms with Gasteiger partial charge < -0.3 is 59.4 Å². The van der Waals surface area contributed by atoms with Crippen molar-refractivity contribution < 1.29 is 76.6 Å². The van der Waals surface area contributed by atoms with Crippen LogP contribution in [-0.4, -0.2) is 148 Å². The number of allylic oxidation sites excluding steroid dienone is 1. The average Bonchev–Trinajstić information content (AvgIpc) is 3.39. The Balaban J connectivity index is 1.06. The highest BCUT2D eigenvalue weighted by Gasteiger charge is 2.79. The van der Waals surface area contributed by atoms with Gasteiger partial charge in [-0.05, 0) is 78.4 Å². The zero-order chi connectivity index (χ0) is 42.4. The quantitative estimate of drug-likeness (QED) is 0.102. The van der Waals surface area contributed by atoms with Crippen LogP contribution < -0.4 is 0 Å². The average molecular weight is 847 g/mol. The van der Waals surface area contributed by atoms with E-state index in [2.05, 4.69) is 64.8 Å². The normalized spacial score (nSPS) is 55.8. The summed E-state index contributed by atoms with van der Waals surface area (Å²) in [5.74, 6) is 0.363. The van der Waals surface area contributed by atoms with E-state index in [1.165, 1.54) is 0 Å². The Hall–Kier alpha value is -0.870. The number of rotatable bonds is 7. The van der Waals surface area contributed by atoms with Crippen LogP contribution in [0.5, 0.6) is 0 Å². The molecule has 16 nitrogen and oxygen atoms in total. The molecule has 0 amide bonds. The van der Waals surface area contributed by atoms with Gasteiger partial charge in [0.2, 0.25) is 0 Å². The molecule has 0 unspecified atom stereocenters. The summed E-state index contributed by atoms with van der Waals surface area (Å²) < 4.78 is 68.8. The molecule has 3 aliphatic heterocycles. The van der Waals surface area contributed by atoms with Crippen molar-refractivity contribution in [3.05, 3.63) is 12.2 Å². The second-order valence-electron chi connectivity index (χ2n) is 21.2. The third-order valence-corrected chi connectivity index (χ3v) is 18.3. The SMILES string of the molecule is CC1(C)C[C@@H]2[C@]3(CO[C@@]24C=C[C@@H]2[C@@]5(C)CC[C@H](O[C@@H]6OC[C@H](O)[C@H](O)[C@H]6O[C@@H]6O[C@H](CO)[C@@H](O)[C@H](O)[C@H]6OS(=O)(=O)O)C(C)(C)[C@@H]5CC[C@@]2(C)[C@]4(C)C[C@@H]3O)C[C@@H]1O. The lowest BCUT2D eigenvalue weighted by molar-refractivity contribution is -0.365.